The van der Waals surface area contributed by atoms with Crippen LogP contribution in [0.25, 0.3) is 11.3 Å². The number of nitrogens with zero attached hydrogens (tertiary/aromatic N) is 2. The lowest BCUT2D eigenvalue weighted by molar-refractivity contribution is 0.251. The van der Waals surface area contributed by atoms with E-state index in [1.54, 1.807) is 13.2 Å². The Morgan fingerprint density at radius 2 is 1.71 bits per heavy atom. The Morgan fingerprint density at radius 3 is 2.45 bits per heavy atom. The van der Waals surface area contributed by atoms with E-state index in [1.165, 1.54) is 5.56 Å². The number of anilines is 1. The third-order valence-corrected chi connectivity index (χ3v) is 4.84. The van der Waals surface area contributed by atoms with Crippen LogP contribution in [0.15, 0.2) is 91.1 Å². The molecule has 1 heterocycles. The van der Waals surface area contributed by atoms with E-state index in [4.69, 9.17) is 9.84 Å². The van der Waals surface area contributed by atoms with Crippen molar-refractivity contribution in [3.05, 3.63) is 102 Å². The van der Waals surface area contributed by atoms with E-state index in [0.29, 0.717) is 24.5 Å². The van der Waals surface area contributed by atoms with Gasteiger partial charge in [-0.05, 0) is 17.7 Å². The number of carbonyl (C=O) groups is 1. The van der Waals surface area contributed by atoms with Gasteiger partial charge in [0.05, 0.1) is 19.3 Å². The van der Waals surface area contributed by atoms with Crippen LogP contribution in [0.2, 0.25) is 0 Å². The highest BCUT2D eigenvalue weighted by atomic mass is 16.5. The Balaban J connectivity index is 1.50. The first-order valence-electron chi connectivity index (χ1n) is 10.1. The van der Waals surface area contributed by atoms with Gasteiger partial charge in [-0.15, -0.1) is 0 Å². The largest absolute Gasteiger partial charge is 0.497 e. The zero-order valence-corrected chi connectivity index (χ0v) is 17.3. The quantitative estimate of drug-likeness (QED) is 0.452. The molecule has 0 unspecified atom stereocenters. The van der Waals surface area contributed by atoms with Gasteiger partial charge in [0.1, 0.15) is 5.75 Å². The summed E-state index contributed by atoms with van der Waals surface area (Å²) in [7, 11) is 1.59. The summed E-state index contributed by atoms with van der Waals surface area (Å²) in [4.78, 5) is 12.4. The Morgan fingerprint density at radius 1 is 0.968 bits per heavy atom. The van der Waals surface area contributed by atoms with Gasteiger partial charge in [-0.1, -0.05) is 66.7 Å². The Labute approximate surface area is 181 Å². The minimum Gasteiger partial charge on any atom is -0.497 e. The smallest absolute Gasteiger partial charge is 0.319 e. The molecule has 0 saturated heterocycles. The van der Waals surface area contributed by atoms with Gasteiger partial charge >= 0.3 is 6.03 Å². The molecule has 0 saturated carbocycles. The molecule has 0 radical (unpaired) electrons. The van der Waals surface area contributed by atoms with Gasteiger partial charge < -0.3 is 15.4 Å². The molecule has 0 bridgehead atoms. The van der Waals surface area contributed by atoms with Crippen LogP contribution < -0.4 is 15.4 Å². The average Bonchev–Trinajstić information content (AvgIpc) is 3.21. The highest BCUT2D eigenvalue weighted by Crippen LogP contribution is 2.22. The predicted molar refractivity (Wildman–Crippen MR) is 122 cm³/mol. The number of aromatic nitrogens is 2. The third kappa shape index (κ3) is 5.30. The second kappa shape index (κ2) is 9.63. The number of hydrogen-bond acceptors (Lipinski definition) is 3. The lowest BCUT2D eigenvalue weighted by atomic mass is 10.1. The van der Waals surface area contributed by atoms with Crippen molar-refractivity contribution in [1.29, 1.82) is 0 Å². The van der Waals surface area contributed by atoms with Crippen LogP contribution in [-0.4, -0.2) is 22.9 Å². The van der Waals surface area contributed by atoms with Gasteiger partial charge in [0.25, 0.3) is 0 Å². The fraction of sp³-hybridized carbons (Fsp3) is 0.120. The topological polar surface area (TPSA) is 68.2 Å². The number of hydrogen-bond donors (Lipinski definition) is 2. The molecule has 0 aliphatic heterocycles. The van der Waals surface area contributed by atoms with Gasteiger partial charge in [0, 0.05) is 35.6 Å². The molecule has 0 spiro atoms. The van der Waals surface area contributed by atoms with Crippen molar-refractivity contribution in [1.82, 2.24) is 15.1 Å². The van der Waals surface area contributed by atoms with Crippen molar-refractivity contribution in [3.8, 4) is 17.0 Å². The predicted octanol–water partition coefficient (Wildman–Crippen LogP) is 4.93. The molecule has 0 atom stereocenters. The van der Waals surface area contributed by atoms with Gasteiger partial charge in [0.2, 0.25) is 0 Å². The number of benzene rings is 3. The summed E-state index contributed by atoms with van der Waals surface area (Å²) in [5, 5.41) is 10.6. The Kier molecular flexibility index (Phi) is 6.28. The maximum Gasteiger partial charge on any atom is 0.319 e. The highest BCUT2D eigenvalue weighted by molar-refractivity contribution is 5.89. The zero-order valence-electron chi connectivity index (χ0n) is 17.3. The van der Waals surface area contributed by atoms with Crippen LogP contribution >= 0.6 is 0 Å². The first kappa shape index (κ1) is 20.2. The van der Waals surface area contributed by atoms with E-state index >= 15 is 0 Å². The van der Waals surface area contributed by atoms with E-state index in [2.05, 4.69) is 22.8 Å². The normalized spacial score (nSPS) is 10.5. The van der Waals surface area contributed by atoms with Crippen LogP contribution in [0.5, 0.6) is 5.75 Å². The van der Waals surface area contributed by atoms with Gasteiger partial charge in [0.15, 0.2) is 0 Å². The van der Waals surface area contributed by atoms with Crippen molar-refractivity contribution >= 4 is 11.7 Å². The molecule has 1 aromatic heterocycles. The average molecular weight is 412 g/mol. The fourth-order valence-electron chi connectivity index (χ4n) is 3.33. The molecule has 2 N–H and O–H groups in total. The fourth-order valence-corrected chi connectivity index (χ4v) is 3.33. The van der Waals surface area contributed by atoms with Crippen LogP contribution in [-0.2, 0) is 13.1 Å². The molecule has 4 aromatic rings. The summed E-state index contributed by atoms with van der Waals surface area (Å²) in [5.41, 5.74) is 4.65. The highest BCUT2D eigenvalue weighted by Gasteiger charge is 2.13. The van der Waals surface area contributed by atoms with E-state index < -0.39 is 0 Å². The SMILES string of the molecule is COc1cccc(NC(=O)NCc2cn(Cc3ccccc3)nc2-c2ccccc2)c1. The van der Waals surface area contributed by atoms with Crippen LogP contribution in [0.3, 0.4) is 0 Å². The molecule has 31 heavy (non-hydrogen) atoms. The second-order valence-corrected chi connectivity index (χ2v) is 7.09. The molecule has 2 amide bonds. The molecule has 6 heteroatoms. The summed E-state index contributed by atoms with van der Waals surface area (Å²) in [6, 6.07) is 27.1. The second-order valence-electron chi connectivity index (χ2n) is 7.09. The Bertz CT molecular complexity index is 1140. The molecule has 6 nitrogen and oxygen atoms in total. The molecule has 156 valence electrons. The summed E-state index contributed by atoms with van der Waals surface area (Å²) in [6.45, 7) is 1.02. The number of carbonyl (C=O) groups excluding carboxylic acids is 1. The van der Waals surface area contributed by atoms with Crippen molar-refractivity contribution in [2.45, 2.75) is 13.1 Å². The molecule has 0 aliphatic carbocycles. The van der Waals surface area contributed by atoms with Gasteiger partial charge in [-0.3, -0.25) is 4.68 Å². The van der Waals surface area contributed by atoms with Gasteiger partial charge in [-0.2, -0.15) is 5.10 Å². The van der Waals surface area contributed by atoms with Crippen LogP contribution in [0.4, 0.5) is 10.5 Å². The molecular formula is C25H24N4O2. The first-order chi connectivity index (χ1) is 15.2. The lowest BCUT2D eigenvalue weighted by Crippen LogP contribution is -2.28. The van der Waals surface area contributed by atoms with Crippen molar-refractivity contribution in [3.63, 3.8) is 0 Å². The minimum atomic E-state index is -0.289. The molecule has 4 rings (SSSR count). The zero-order chi connectivity index (χ0) is 21.5. The first-order valence-corrected chi connectivity index (χ1v) is 10.1. The van der Waals surface area contributed by atoms with E-state index in [9.17, 15) is 4.79 Å². The summed E-state index contributed by atoms with van der Waals surface area (Å²) in [5.74, 6) is 0.686. The van der Waals surface area contributed by atoms with Crippen molar-refractivity contribution < 1.29 is 9.53 Å². The Hall–Kier alpha value is -4.06. The summed E-state index contributed by atoms with van der Waals surface area (Å²) in [6.07, 6.45) is 1.99. The number of rotatable bonds is 7. The van der Waals surface area contributed by atoms with Gasteiger partial charge in [-0.25, -0.2) is 4.79 Å². The standard InChI is InChI=1S/C25H24N4O2/c1-31-23-14-8-13-22(15-23)27-25(30)26-16-21-18-29(17-19-9-4-2-5-10-19)28-24(21)20-11-6-3-7-12-20/h2-15,18H,16-17H2,1H3,(H2,26,27,30). The van der Waals surface area contributed by atoms with E-state index in [1.807, 2.05) is 77.6 Å². The number of nitrogens with one attached hydrogen (secondary N) is 2. The molecular weight excluding hydrogens is 388 g/mol. The van der Waals surface area contributed by atoms with E-state index in [0.717, 1.165) is 16.8 Å². The maximum absolute atomic E-state index is 12.4. The van der Waals surface area contributed by atoms with Crippen LogP contribution in [0, 0.1) is 0 Å². The number of amides is 2. The minimum absolute atomic E-state index is 0.289. The molecule has 0 fully saturated rings. The maximum atomic E-state index is 12.4. The molecule has 0 aliphatic rings. The number of methoxy groups -OCH3 is 1. The van der Waals surface area contributed by atoms with Crippen LogP contribution in [0.1, 0.15) is 11.1 Å². The summed E-state index contributed by atoms with van der Waals surface area (Å²) < 4.78 is 7.11. The third-order valence-electron chi connectivity index (χ3n) is 4.84. The molecule has 3 aromatic carbocycles. The monoisotopic (exact) mass is 412 g/mol. The number of urea groups is 1. The number of ether oxygens (including phenoxy) is 1. The van der Waals surface area contributed by atoms with Crippen molar-refractivity contribution in [2.75, 3.05) is 12.4 Å². The van der Waals surface area contributed by atoms with E-state index in [-0.39, 0.29) is 6.03 Å². The summed E-state index contributed by atoms with van der Waals surface area (Å²) >= 11 is 0. The lowest BCUT2D eigenvalue weighted by Gasteiger charge is -2.09. The van der Waals surface area contributed by atoms with Crippen molar-refractivity contribution in [2.24, 2.45) is 0 Å².